The Balaban J connectivity index is 1.03. The van der Waals surface area contributed by atoms with Crippen molar-refractivity contribution in [1.29, 1.82) is 0 Å². The van der Waals surface area contributed by atoms with E-state index in [2.05, 4.69) is 231 Å². The van der Waals surface area contributed by atoms with Crippen molar-refractivity contribution in [3.8, 4) is 44.5 Å². The third kappa shape index (κ3) is 5.62. The summed E-state index contributed by atoms with van der Waals surface area (Å²) in [5.74, 6) is 0. The van der Waals surface area contributed by atoms with Crippen LogP contribution < -0.4 is 4.90 Å². The van der Waals surface area contributed by atoms with Gasteiger partial charge in [0.05, 0.1) is 0 Å². The maximum atomic E-state index is 2.40. The average Bonchev–Trinajstić information content (AvgIpc) is 3.51. The Hall–Kier alpha value is -7.22. The highest BCUT2D eigenvalue weighted by atomic mass is 15.1. The fourth-order valence-corrected chi connectivity index (χ4v) is 9.45. The van der Waals surface area contributed by atoms with Crippen molar-refractivity contribution in [3.05, 3.63) is 223 Å². The summed E-state index contributed by atoms with van der Waals surface area (Å²) in [6, 6.07) is 78.2. The lowest BCUT2D eigenvalue weighted by molar-refractivity contribution is 0.660. The van der Waals surface area contributed by atoms with Gasteiger partial charge < -0.3 is 4.90 Å². The molecule has 0 saturated carbocycles. The average molecular weight is 740 g/mol. The summed E-state index contributed by atoms with van der Waals surface area (Å²) < 4.78 is 0. The lowest BCUT2D eigenvalue weighted by Gasteiger charge is -2.27. The zero-order valence-electron chi connectivity index (χ0n) is 32.7. The van der Waals surface area contributed by atoms with Crippen LogP contribution in [0.3, 0.4) is 0 Å². The topological polar surface area (TPSA) is 3.24 Å². The monoisotopic (exact) mass is 739 g/mol. The number of nitrogens with zero attached hydrogens (tertiary/aromatic N) is 1. The molecule has 0 heterocycles. The molecule has 0 amide bonds. The molecular weight excluding hydrogens is 699 g/mol. The van der Waals surface area contributed by atoms with Crippen molar-refractivity contribution >= 4 is 49.4 Å². The van der Waals surface area contributed by atoms with Crippen LogP contribution >= 0.6 is 0 Å². The minimum absolute atomic E-state index is 0.00936. The lowest BCUT2D eigenvalue weighted by Crippen LogP contribution is -2.14. The van der Waals surface area contributed by atoms with Crippen LogP contribution in [0.1, 0.15) is 25.0 Å². The Kier molecular flexibility index (Phi) is 7.91. The molecule has 10 aromatic rings. The number of rotatable bonds is 6. The second-order valence-electron chi connectivity index (χ2n) is 16.2. The largest absolute Gasteiger partial charge is 0.310 e. The molecule has 0 N–H and O–H groups in total. The minimum Gasteiger partial charge on any atom is -0.310 e. The third-order valence-corrected chi connectivity index (χ3v) is 12.4. The quantitative estimate of drug-likeness (QED) is 0.154. The van der Waals surface area contributed by atoms with Gasteiger partial charge in [0.15, 0.2) is 0 Å². The van der Waals surface area contributed by atoms with Crippen molar-refractivity contribution in [3.63, 3.8) is 0 Å². The number of fused-ring (bicyclic) bond motifs is 7. The van der Waals surface area contributed by atoms with E-state index in [9.17, 15) is 0 Å². The summed E-state index contributed by atoms with van der Waals surface area (Å²) in [6.45, 7) is 4.68. The van der Waals surface area contributed by atoms with E-state index in [1.165, 1.54) is 88.0 Å². The molecular formula is C57H41N. The highest BCUT2D eigenvalue weighted by Gasteiger charge is 2.35. The second kappa shape index (κ2) is 13.5. The van der Waals surface area contributed by atoms with E-state index in [0.717, 1.165) is 17.1 Å². The molecule has 1 aliphatic rings. The second-order valence-corrected chi connectivity index (χ2v) is 16.2. The van der Waals surface area contributed by atoms with Crippen LogP contribution in [0.2, 0.25) is 0 Å². The van der Waals surface area contributed by atoms with Gasteiger partial charge in [0.1, 0.15) is 0 Å². The molecule has 11 rings (SSSR count). The van der Waals surface area contributed by atoms with E-state index in [4.69, 9.17) is 0 Å². The molecule has 0 bridgehead atoms. The van der Waals surface area contributed by atoms with E-state index in [1.807, 2.05) is 0 Å². The molecule has 1 heteroatoms. The molecule has 58 heavy (non-hydrogen) atoms. The summed E-state index contributed by atoms with van der Waals surface area (Å²) >= 11 is 0. The van der Waals surface area contributed by atoms with Gasteiger partial charge in [-0.25, -0.2) is 0 Å². The normalized spacial score (nSPS) is 12.8. The van der Waals surface area contributed by atoms with Gasteiger partial charge in [-0.3, -0.25) is 0 Å². The zero-order chi connectivity index (χ0) is 38.8. The molecule has 0 radical (unpaired) electrons. The van der Waals surface area contributed by atoms with Crippen molar-refractivity contribution < 1.29 is 0 Å². The van der Waals surface area contributed by atoms with Gasteiger partial charge in [-0.1, -0.05) is 178 Å². The van der Waals surface area contributed by atoms with Crippen LogP contribution in [0.15, 0.2) is 212 Å². The maximum absolute atomic E-state index is 2.40. The smallest absolute Gasteiger partial charge is 0.0467 e. The van der Waals surface area contributed by atoms with Gasteiger partial charge in [0.25, 0.3) is 0 Å². The molecule has 0 spiro atoms. The first-order valence-electron chi connectivity index (χ1n) is 20.2. The van der Waals surface area contributed by atoms with Gasteiger partial charge in [0.2, 0.25) is 0 Å². The molecule has 0 saturated heterocycles. The molecule has 274 valence electrons. The van der Waals surface area contributed by atoms with Gasteiger partial charge in [0, 0.05) is 22.5 Å². The summed E-state index contributed by atoms with van der Waals surface area (Å²) in [5.41, 5.74) is 16.0. The predicted octanol–water partition coefficient (Wildman–Crippen LogP) is 15.9. The summed E-state index contributed by atoms with van der Waals surface area (Å²) in [6.07, 6.45) is 0. The van der Waals surface area contributed by atoms with Crippen molar-refractivity contribution in [2.75, 3.05) is 4.90 Å². The minimum atomic E-state index is -0.00936. The predicted molar refractivity (Wildman–Crippen MR) is 248 cm³/mol. The number of hydrogen-bond donors (Lipinski definition) is 0. The first-order valence-corrected chi connectivity index (χ1v) is 20.2. The first kappa shape index (κ1) is 34.1. The first-order chi connectivity index (χ1) is 28.5. The van der Waals surface area contributed by atoms with E-state index in [1.54, 1.807) is 0 Å². The van der Waals surface area contributed by atoms with Crippen LogP contribution in [0.4, 0.5) is 17.1 Å². The van der Waals surface area contributed by atoms with Crippen LogP contribution in [-0.4, -0.2) is 0 Å². The van der Waals surface area contributed by atoms with E-state index >= 15 is 0 Å². The Morgan fingerprint density at radius 2 is 0.862 bits per heavy atom. The Bertz CT molecular complexity index is 3200. The zero-order valence-corrected chi connectivity index (χ0v) is 32.7. The Labute approximate surface area is 340 Å². The van der Waals surface area contributed by atoms with Crippen LogP contribution in [-0.2, 0) is 5.41 Å². The van der Waals surface area contributed by atoms with Crippen LogP contribution in [0.5, 0.6) is 0 Å². The maximum Gasteiger partial charge on any atom is 0.0467 e. The molecule has 0 fully saturated rings. The number of benzene rings is 10. The molecule has 1 aliphatic carbocycles. The summed E-state index contributed by atoms with van der Waals surface area (Å²) in [7, 11) is 0. The van der Waals surface area contributed by atoms with E-state index in [-0.39, 0.29) is 5.41 Å². The Morgan fingerprint density at radius 1 is 0.293 bits per heavy atom. The van der Waals surface area contributed by atoms with Gasteiger partial charge in [-0.2, -0.15) is 0 Å². The SMILES string of the molecule is CC1(C)c2ccccc2-c2cc(-c3ccc(N(c4cccc(-c5ccc6ccccc6c5)c4)c4cccc(-c5cccc6c5ccc5ccccc56)c4)cc3)ccc21. The molecule has 0 atom stereocenters. The van der Waals surface area contributed by atoms with Crippen LogP contribution in [0, 0.1) is 0 Å². The lowest BCUT2D eigenvalue weighted by atomic mass is 9.82. The third-order valence-electron chi connectivity index (χ3n) is 12.4. The van der Waals surface area contributed by atoms with Gasteiger partial charge in [-0.05, 0) is 136 Å². The number of anilines is 3. The fourth-order valence-electron chi connectivity index (χ4n) is 9.45. The summed E-state index contributed by atoms with van der Waals surface area (Å²) in [4.78, 5) is 2.40. The molecule has 1 nitrogen and oxygen atoms in total. The van der Waals surface area contributed by atoms with Crippen LogP contribution in [0.25, 0.3) is 76.8 Å². The molecule has 0 aliphatic heterocycles. The molecule has 0 unspecified atom stereocenters. The van der Waals surface area contributed by atoms with Crippen molar-refractivity contribution in [1.82, 2.24) is 0 Å². The van der Waals surface area contributed by atoms with Gasteiger partial charge >= 0.3 is 0 Å². The van der Waals surface area contributed by atoms with Crippen molar-refractivity contribution in [2.45, 2.75) is 19.3 Å². The number of hydrogen-bond acceptors (Lipinski definition) is 1. The highest BCUT2D eigenvalue weighted by Crippen LogP contribution is 2.50. The van der Waals surface area contributed by atoms with Gasteiger partial charge in [-0.15, -0.1) is 0 Å². The highest BCUT2D eigenvalue weighted by molar-refractivity contribution is 6.12. The molecule has 10 aromatic carbocycles. The van der Waals surface area contributed by atoms with Crippen molar-refractivity contribution in [2.24, 2.45) is 0 Å². The fraction of sp³-hybridized carbons (Fsp3) is 0.0526. The Morgan fingerprint density at radius 3 is 1.71 bits per heavy atom. The van der Waals surface area contributed by atoms with E-state index < -0.39 is 0 Å². The van der Waals surface area contributed by atoms with E-state index in [0.29, 0.717) is 0 Å². The standard InChI is InChI=1S/C57H41N/c1-57(2)55-23-8-7-20-53(55)54-37-44(29-33-56(54)57)39-26-30-46(31-27-39)58(47-17-9-15-42(35-47)43-25-24-38-12-3-4-14-41(38)34-43)48-18-10-16-45(36-48)50-21-11-22-51-49-19-6-5-13-40(49)28-32-52(50)51/h3-37H,1-2H3. The summed E-state index contributed by atoms with van der Waals surface area (Å²) in [5, 5.41) is 7.56. The molecule has 0 aromatic heterocycles.